The number of aryl methyl sites for hydroxylation is 1. The number of pyridine rings is 1. The first kappa shape index (κ1) is 13.1. The molecule has 1 aromatic heterocycles. The van der Waals surface area contributed by atoms with Crippen LogP contribution in [0.4, 0.5) is 4.39 Å². The summed E-state index contributed by atoms with van der Waals surface area (Å²) in [6, 6.07) is 2.40. The van der Waals surface area contributed by atoms with Gasteiger partial charge in [-0.05, 0) is 13.0 Å². The Labute approximate surface area is 107 Å². The Kier molecular flexibility index (Phi) is 3.25. The minimum absolute atomic E-state index is 0.0113. The molecule has 0 atom stereocenters. The molecule has 19 heavy (non-hydrogen) atoms. The third-order valence-electron chi connectivity index (χ3n) is 2.92. The molecule has 0 fully saturated rings. The van der Waals surface area contributed by atoms with Gasteiger partial charge in [-0.25, -0.2) is 9.18 Å². The van der Waals surface area contributed by atoms with Gasteiger partial charge in [-0.1, -0.05) is 0 Å². The quantitative estimate of drug-likeness (QED) is 0.919. The fourth-order valence-electron chi connectivity index (χ4n) is 1.96. The minimum atomic E-state index is -1.33. The fraction of sp³-hybridized carbons (Fsp3) is 0.231. The van der Waals surface area contributed by atoms with Crippen LogP contribution in [0.1, 0.15) is 17.3 Å². The highest BCUT2D eigenvalue weighted by Gasteiger charge is 2.16. The van der Waals surface area contributed by atoms with Crippen molar-refractivity contribution in [1.29, 1.82) is 0 Å². The van der Waals surface area contributed by atoms with Crippen molar-refractivity contribution >= 4 is 16.9 Å². The second kappa shape index (κ2) is 4.72. The molecule has 0 saturated carbocycles. The van der Waals surface area contributed by atoms with Crippen LogP contribution in [0.5, 0.6) is 5.75 Å². The number of benzene rings is 1. The van der Waals surface area contributed by atoms with E-state index in [4.69, 9.17) is 9.84 Å². The van der Waals surface area contributed by atoms with Gasteiger partial charge in [0.2, 0.25) is 5.43 Å². The first-order valence-electron chi connectivity index (χ1n) is 5.63. The van der Waals surface area contributed by atoms with Crippen LogP contribution >= 0.6 is 0 Å². The van der Waals surface area contributed by atoms with Gasteiger partial charge in [-0.3, -0.25) is 4.79 Å². The van der Waals surface area contributed by atoms with E-state index in [1.54, 1.807) is 11.5 Å². The second-order valence-electron chi connectivity index (χ2n) is 3.97. The highest BCUT2D eigenvalue weighted by molar-refractivity contribution is 5.92. The average molecular weight is 265 g/mol. The summed E-state index contributed by atoms with van der Waals surface area (Å²) in [5.41, 5.74) is -0.636. The Morgan fingerprint density at radius 1 is 1.47 bits per heavy atom. The molecule has 2 aromatic rings. The van der Waals surface area contributed by atoms with Crippen molar-refractivity contribution in [2.24, 2.45) is 0 Å². The number of hydrogen-bond donors (Lipinski definition) is 1. The van der Waals surface area contributed by atoms with Crippen LogP contribution in [0.15, 0.2) is 23.1 Å². The maximum Gasteiger partial charge on any atom is 0.341 e. The molecular weight excluding hydrogens is 253 g/mol. The van der Waals surface area contributed by atoms with Crippen LogP contribution in [0.25, 0.3) is 10.9 Å². The van der Waals surface area contributed by atoms with Crippen LogP contribution in [-0.2, 0) is 6.54 Å². The summed E-state index contributed by atoms with van der Waals surface area (Å²) in [5, 5.41) is 9.01. The van der Waals surface area contributed by atoms with E-state index in [0.29, 0.717) is 12.1 Å². The molecule has 1 heterocycles. The van der Waals surface area contributed by atoms with Gasteiger partial charge < -0.3 is 14.4 Å². The van der Waals surface area contributed by atoms with Gasteiger partial charge in [-0.2, -0.15) is 0 Å². The number of hydrogen-bond acceptors (Lipinski definition) is 3. The Bertz CT molecular complexity index is 721. The molecule has 0 spiro atoms. The van der Waals surface area contributed by atoms with E-state index in [2.05, 4.69) is 0 Å². The van der Waals surface area contributed by atoms with Crippen LogP contribution in [-0.4, -0.2) is 22.8 Å². The molecular formula is C13H12FNO4. The number of aromatic carboxylic acids is 1. The molecule has 0 saturated heterocycles. The SMILES string of the molecule is CCn1cc(C(=O)O)c(=O)c2cc(F)c(OC)cc21. The van der Waals surface area contributed by atoms with Crippen molar-refractivity contribution in [3.8, 4) is 5.75 Å². The molecule has 0 aliphatic heterocycles. The first-order chi connectivity index (χ1) is 8.99. The van der Waals surface area contributed by atoms with E-state index in [1.807, 2.05) is 0 Å². The van der Waals surface area contributed by atoms with E-state index in [1.165, 1.54) is 19.4 Å². The third-order valence-corrected chi connectivity index (χ3v) is 2.92. The van der Waals surface area contributed by atoms with Gasteiger partial charge in [0.1, 0.15) is 5.56 Å². The molecule has 1 N–H and O–H groups in total. The first-order valence-corrected chi connectivity index (χ1v) is 5.63. The van der Waals surface area contributed by atoms with E-state index in [9.17, 15) is 14.0 Å². The minimum Gasteiger partial charge on any atom is -0.494 e. The number of carboxylic acids is 1. The Balaban J connectivity index is 2.95. The normalized spacial score (nSPS) is 10.7. The average Bonchev–Trinajstić information content (AvgIpc) is 2.38. The summed E-state index contributed by atoms with van der Waals surface area (Å²) in [6.45, 7) is 2.25. The maximum atomic E-state index is 13.6. The van der Waals surface area contributed by atoms with Gasteiger partial charge in [0.05, 0.1) is 12.6 Å². The van der Waals surface area contributed by atoms with Gasteiger partial charge >= 0.3 is 5.97 Å². The lowest BCUT2D eigenvalue weighted by molar-refractivity contribution is 0.0695. The van der Waals surface area contributed by atoms with Crippen molar-refractivity contribution in [3.63, 3.8) is 0 Å². The molecule has 6 heteroatoms. The summed E-state index contributed by atoms with van der Waals surface area (Å²) < 4.78 is 20.1. The third kappa shape index (κ3) is 2.05. The number of aromatic nitrogens is 1. The standard InChI is InChI=1S/C13H12FNO4/c1-3-15-6-8(13(17)18)12(16)7-4-9(14)11(19-2)5-10(7)15/h4-6H,3H2,1-2H3,(H,17,18). The van der Waals surface area contributed by atoms with Gasteiger partial charge in [0, 0.05) is 24.2 Å². The molecule has 5 nitrogen and oxygen atoms in total. The number of rotatable bonds is 3. The lowest BCUT2D eigenvalue weighted by atomic mass is 10.1. The molecule has 0 aliphatic carbocycles. The van der Waals surface area contributed by atoms with E-state index in [-0.39, 0.29) is 16.7 Å². The highest BCUT2D eigenvalue weighted by atomic mass is 19.1. The predicted molar refractivity (Wildman–Crippen MR) is 67.4 cm³/mol. The lowest BCUT2D eigenvalue weighted by Crippen LogP contribution is -2.19. The molecule has 1 aromatic carbocycles. The van der Waals surface area contributed by atoms with Crippen LogP contribution < -0.4 is 10.2 Å². The van der Waals surface area contributed by atoms with E-state index >= 15 is 0 Å². The van der Waals surface area contributed by atoms with Crippen LogP contribution in [0.2, 0.25) is 0 Å². The van der Waals surface area contributed by atoms with Crippen molar-refractivity contribution < 1.29 is 19.0 Å². The molecule has 0 bridgehead atoms. The number of carbonyl (C=O) groups is 1. The predicted octanol–water partition coefficient (Wildman–Crippen LogP) is 1.87. The van der Waals surface area contributed by atoms with Crippen LogP contribution in [0, 0.1) is 5.82 Å². The number of methoxy groups -OCH3 is 1. The lowest BCUT2D eigenvalue weighted by Gasteiger charge is -2.11. The monoisotopic (exact) mass is 265 g/mol. The molecule has 0 aliphatic rings. The molecule has 100 valence electrons. The number of nitrogens with zero attached hydrogens (tertiary/aromatic N) is 1. The van der Waals surface area contributed by atoms with Crippen molar-refractivity contribution in [2.75, 3.05) is 7.11 Å². The topological polar surface area (TPSA) is 68.5 Å². The van der Waals surface area contributed by atoms with Crippen LogP contribution in [0.3, 0.4) is 0 Å². The Hall–Kier alpha value is -2.37. The summed E-state index contributed by atoms with van der Waals surface area (Å²) in [7, 11) is 1.32. The Morgan fingerprint density at radius 3 is 2.68 bits per heavy atom. The highest BCUT2D eigenvalue weighted by Crippen LogP contribution is 2.23. The number of carboxylic acid groups (broad SMARTS) is 1. The zero-order chi connectivity index (χ0) is 14.2. The van der Waals surface area contributed by atoms with Crippen molar-refractivity contribution in [1.82, 2.24) is 4.57 Å². The second-order valence-corrected chi connectivity index (χ2v) is 3.97. The Morgan fingerprint density at radius 2 is 2.16 bits per heavy atom. The zero-order valence-electron chi connectivity index (χ0n) is 10.4. The number of fused-ring (bicyclic) bond motifs is 1. The van der Waals surface area contributed by atoms with Crippen molar-refractivity contribution in [2.45, 2.75) is 13.5 Å². The van der Waals surface area contributed by atoms with Gasteiger partial charge in [0.25, 0.3) is 0 Å². The van der Waals surface area contributed by atoms with E-state index < -0.39 is 17.2 Å². The summed E-state index contributed by atoms with van der Waals surface area (Å²) in [4.78, 5) is 23.0. The van der Waals surface area contributed by atoms with E-state index in [0.717, 1.165) is 6.07 Å². The molecule has 2 rings (SSSR count). The van der Waals surface area contributed by atoms with Gasteiger partial charge in [0.15, 0.2) is 11.6 Å². The maximum absolute atomic E-state index is 13.6. The number of ether oxygens (including phenoxy) is 1. The molecule has 0 radical (unpaired) electrons. The summed E-state index contributed by atoms with van der Waals surface area (Å²) in [6.07, 6.45) is 1.25. The smallest absolute Gasteiger partial charge is 0.341 e. The largest absolute Gasteiger partial charge is 0.494 e. The van der Waals surface area contributed by atoms with Gasteiger partial charge in [-0.15, -0.1) is 0 Å². The zero-order valence-corrected chi connectivity index (χ0v) is 10.4. The summed E-state index contributed by atoms with van der Waals surface area (Å²) in [5.74, 6) is -2.01. The van der Waals surface area contributed by atoms with Crippen molar-refractivity contribution in [3.05, 3.63) is 39.9 Å². The molecule has 0 amide bonds. The molecule has 0 unspecified atom stereocenters. The fourth-order valence-corrected chi connectivity index (χ4v) is 1.96. The summed E-state index contributed by atoms with van der Waals surface area (Å²) >= 11 is 0. The number of halogens is 1.